The number of nitrogens with one attached hydrogen (secondary N) is 1. The van der Waals surface area contributed by atoms with Crippen molar-refractivity contribution in [3.05, 3.63) is 11.8 Å². The molecule has 1 atom stereocenters. The first-order valence-electron chi connectivity index (χ1n) is 3.32. The molecule has 0 radical (unpaired) electrons. The average molecular weight is 141 g/mol. The molecule has 0 aromatic heterocycles. The summed E-state index contributed by atoms with van der Waals surface area (Å²) < 4.78 is 0. The predicted octanol–water partition coefficient (Wildman–Crippen LogP) is 0.583. The van der Waals surface area contributed by atoms with Crippen LogP contribution in [0.5, 0.6) is 0 Å². The number of hydrogen-bond donors (Lipinski definition) is 2. The highest BCUT2D eigenvalue weighted by Gasteiger charge is 2.25. The first-order valence-corrected chi connectivity index (χ1v) is 3.32. The van der Waals surface area contributed by atoms with Crippen LogP contribution in [0.2, 0.25) is 0 Å². The average Bonchev–Trinajstić information content (AvgIpc) is 2.10. The Bertz CT molecular complexity index is 184. The molecule has 0 spiro atoms. The van der Waals surface area contributed by atoms with Crippen LogP contribution in [0, 0.1) is 5.92 Å². The molecular weight excluding hydrogens is 130 g/mol. The maximum Gasteiger partial charge on any atom is 0.248 e. The number of carbonyl (C=O) groups is 1. The zero-order chi connectivity index (χ0) is 7.72. The minimum Gasteiger partial charge on any atom is -0.510 e. The fourth-order valence-electron chi connectivity index (χ4n) is 1.00. The summed E-state index contributed by atoms with van der Waals surface area (Å²) in [5, 5.41) is 11.7. The Morgan fingerprint density at radius 3 is 2.50 bits per heavy atom. The van der Waals surface area contributed by atoms with Gasteiger partial charge < -0.3 is 10.4 Å². The number of aliphatic hydroxyl groups is 1. The maximum absolute atomic E-state index is 10.6. The fraction of sp³-hybridized carbons (Fsp3) is 0.571. The number of aliphatic hydroxyl groups excluding tert-OH is 1. The fourth-order valence-corrected chi connectivity index (χ4v) is 1.00. The summed E-state index contributed by atoms with van der Waals surface area (Å²) >= 11 is 0. The van der Waals surface area contributed by atoms with E-state index in [2.05, 4.69) is 5.32 Å². The van der Waals surface area contributed by atoms with E-state index in [4.69, 9.17) is 5.11 Å². The van der Waals surface area contributed by atoms with Gasteiger partial charge in [-0.1, -0.05) is 13.8 Å². The molecule has 0 aliphatic carbocycles. The van der Waals surface area contributed by atoms with Crippen molar-refractivity contribution in [2.75, 3.05) is 0 Å². The third-order valence-corrected chi connectivity index (χ3v) is 1.56. The van der Waals surface area contributed by atoms with Gasteiger partial charge in [-0.25, -0.2) is 0 Å². The summed E-state index contributed by atoms with van der Waals surface area (Å²) in [6.07, 6.45) is 1.23. The van der Waals surface area contributed by atoms with E-state index >= 15 is 0 Å². The van der Waals surface area contributed by atoms with Crippen LogP contribution in [0.1, 0.15) is 13.8 Å². The topological polar surface area (TPSA) is 49.3 Å². The molecule has 1 rings (SSSR count). The molecule has 3 heteroatoms. The number of hydrogen-bond acceptors (Lipinski definition) is 2. The second-order valence-electron chi connectivity index (χ2n) is 2.80. The van der Waals surface area contributed by atoms with Crippen LogP contribution in [0.4, 0.5) is 0 Å². The van der Waals surface area contributed by atoms with E-state index in [9.17, 15) is 4.79 Å². The van der Waals surface area contributed by atoms with Gasteiger partial charge in [0.05, 0.1) is 6.04 Å². The van der Waals surface area contributed by atoms with Gasteiger partial charge in [-0.3, -0.25) is 4.79 Å². The minimum atomic E-state index is -0.198. The van der Waals surface area contributed by atoms with Gasteiger partial charge in [0.1, 0.15) is 5.76 Å². The smallest absolute Gasteiger partial charge is 0.248 e. The van der Waals surface area contributed by atoms with E-state index in [1.54, 1.807) is 0 Å². The molecule has 2 N–H and O–H groups in total. The van der Waals surface area contributed by atoms with Gasteiger partial charge in [-0.15, -0.1) is 0 Å². The lowest BCUT2D eigenvalue weighted by atomic mass is 10.0. The van der Waals surface area contributed by atoms with E-state index in [-0.39, 0.29) is 23.6 Å². The number of rotatable bonds is 1. The molecule has 56 valence electrons. The van der Waals surface area contributed by atoms with E-state index < -0.39 is 0 Å². The van der Waals surface area contributed by atoms with Crippen molar-refractivity contribution in [1.29, 1.82) is 0 Å². The summed E-state index contributed by atoms with van der Waals surface area (Å²) in [6, 6.07) is -0.174. The molecule has 0 bridgehead atoms. The highest BCUT2D eigenvalue weighted by molar-refractivity contribution is 5.91. The van der Waals surface area contributed by atoms with Crippen LogP contribution in [-0.2, 0) is 4.79 Å². The van der Waals surface area contributed by atoms with Gasteiger partial charge in [0, 0.05) is 6.08 Å². The van der Waals surface area contributed by atoms with Gasteiger partial charge in [-0.05, 0) is 5.92 Å². The molecule has 0 saturated carbocycles. The van der Waals surface area contributed by atoms with Gasteiger partial charge in [-0.2, -0.15) is 0 Å². The molecule has 0 fully saturated rings. The molecular formula is C7H11NO2. The second-order valence-corrected chi connectivity index (χ2v) is 2.80. The Morgan fingerprint density at radius 2 is 2.30 bits per heavy atom. The second kappa shape index (κ2) is 2.33. The molecule has 1 aliphatic heterocycles. The molecule has 0 saturated heterocycles. The number of amides is 1. The van der Waals surface area contributed by atoms with E-state index in [0.717, 1.165) is 0 Å². The summed E-state index contributed by atoms with van der Waals surface area (Å²) in [4.78, 5) is 10.6. The molecule has 1 aliphatic rings. The zero-order valence-electron chi connectivity index (χ0n) is 6.09. The third-order valence-electron chi connectivity index (χ3n) is 1.56. The van der Waals surface area contributed by atoms with Crippen LogP contribution in [0.15, 0.2) is 11.8 Å². The number of carbonyl (C=O) groups excluding carboxylic acids is 1. The molecule has 0 unspecified atom stereocenters. The van der Waals surface area contributed by atoms with Gasteiger partial charge in [0.2, 0.25) is 5.91 Å². The van der Waals surface area contributed by atoms with Gasteiger partial charge >= 0.3 is 0 Å². The van der Waals surface area contributed by atoms with Crippen LogP contribution in [-0.4, -0.2) is 17.1 Å². The first kappa shape index (κ1) is 7.12. The molecule has 0 aromatic rings. The Balaban J connectivity index is 2.68. The lowest BCUT2D eigenvalue weighted by molar-refractivity contribution is -0.116. The largest absolute Gasteiger partial charge is 0.510 e. The van der Waals surface area contributed by atoms with Crippen molar-refractivity contribution >= 4 is 5.91 Å². The van der Waals surface area contributed by atoms with Crippen molar-refractivity contribution < 1.29 is 9.90 Å². The molecule has 1 heterocycles. The van der Waals surface area contributed by atoms with Crippen LogP contribution in [0.3, 0.4) is 0 Å². The van der Waals surface area contributed by atoms with Crippen molar-refractivity contribution in [3.63, 3.8) is 0 Å². The van der Waals surface area contributed by atoms with E-state index in [0.29, 0.717) is 0 Å². The summed E-state index contributed by atoms with van der Waals surface area (Å²) in [6.45, 7) is 3.89. The maximum atomic E-state index is 10.6. The van der Waals surface area contributed by atoms with Crippen molar-refractivity contribution in [2.45, 2.75) is 19.9 Å². The van der Waals surface area contributed by atoms with Crippen molar-refractivity contribution in [3.8, 4) is 0 Å². The lowest BCUT2D eigenvalue weighted by Crippen LogP contribution is -2.32. The van der Waals surface area contributed by atoms with Gasteiger partial charge in [0.15, 0.2) is 0 Å². The van der Waals surface area contributed by atoms with Crippen molar-refractivity contribution in [1.82, 2.24) is 5.32 Å². The van der Waals surface area contributed by atoms with Crippen molar-refractivity contribution in [2.24, 2.45) is 5.92 Å². The Labute approximate surface area is 59.7 Å². The normalized spacial score (nSPS) is 24.9. The summed E-state index contributed by atoms with van der Waals surface area (Å²) in [7, 11) is 0. The van der Waals surface area contributed by atoms with Crippen LogP contribution >= 0.6 is 0 Å². The Morgan fingerprint density at radius 1 is 1.70 bits per heavy atom. The van der Waals surface area contributed by atoms with E-state index in [1.165, 1.54) is 6.08 Å². The third kappa shape index (κ3) is 1.12. The standard InChI is InChI=1S/C7H11NO2/c1-4(2)7-5(9)3-6(10)8-7/h3-4,7,9H,1-2H3,(H,8,10)/t7-/m1/s1. The minimum absolute atomic E-state index is 0.153. The monoisotopic (exact) mass is 141 g/mol. The highest BCUT2D eigenvalue weighted by atomic mass is 16.3. The lowest BCUT2D eigenvalue weighted by Gasteiger charge is -2.14. The first-order chi connectivity index (χ1) is 4.61. The van der Waals surface area contributed by atoms with E-state index in [1.807, 2.05) is 13.8 Å². The highest BCUT2D eigenvalue weighted by Crippen LogP contribution is 2.13. The van der Waals surface area contributed by atoms with Crippen LogP contribution in [0.25, 0.3) is 0 Å². The zero-order valence-corrected chi connectivity index (χ0v) is 6.09. The summed E-state index contributed by atoms with van der Waals surface area (Å²) in [5.41, 5.74) is 0. The molecule has 0 aromatic carbocycles. The SMILES string of the molecule is CC(C)[C@H]1NC(=O)C=C1O. The van der Waals surface area contributed by atoms with Gasteiger partial charge in [0.25, 0.3) is 0 Å². The Hall–Kier alpha value is -0.990. The quantitative estimate of drug-likeness (QED) is 0.561. The molecule has 3 nitrogen and oxygen atoms in total. The molecule has 1 amide bonds. The molecule has 10 heavy (non-hydrogen) atoms. The summed E-state index contributed by atoms with van der Waals surface area (Å²) in [5.74, 6) is 0.207. The van der Waals surface area contributed by atoms with Crippen LogP contribution < -0.4 is 5.32 Å². The predicted molar refractivity (Wildman–Crippen MR) is 37.5 cm³/mol. The Kier molecular flexibility index (Phi) is 1.66.